The molecule has 0 saturated carbocycles. The molecule has 1 aromatic rings. The molecule has 0 spiro atoms. The standard InChI is InChI=1S/C9H5ClO.C6H4/c1-2-7-5-3-4-6-8(7)9(10)11;1-2-6-4-3-5(1)6/h1,3-6H;1-4H. The van der Waals surface area contributed by atoms with Crippen molar-refractivity contribution in [3.8, 4) is 23.5 Å². The number of carbonyl (C=O) groups excluding carboxylic acids is 1. The highest BCUT2D eigenvalue weighted by atomic mass is 35.5. The summed E-state index contributed by atoms with van der Waals surface area (Å²) in [7, 11) is 0. The summed E-state index contributed by atoms with van der Waals surface area (Å²) in [5, 5.41) is -0.515. The van der Waals surface area contributed by atoms with Crippen LogP contribution >= 0.6 is 11.6 Å². The lowest BCUT2D eigenvalue weighted by molar-refractivity contribution is 0.108. The highest BCUT2D eigenvalue weighted by Crippen LogP contribution is 2.29. The molecule has 0 unspecified atom stereocenters. The minimum atomic E-state index is -0.515. The lowest BCUT2D eigenvalue weighted by Crippen LogP contribution is -1.92. The number of rotatable bonds is 1. The van der Waals surface area contributed by atoms with E-state index in [0.717, 1.165) is 0 Å². The summed E-state index contributed by atoms with van der Waals surface area (Å²) >= 11 is 5.25. The average Bonchev–Trinajstić information content (AvgIpc) is 2.34. The van der Waals surface area contributed by atoms with Crippen molar-refractivity contribution in [1.29, 1.82) is 0 Å². The summed E-state index contributed by atoms with van der Waals surface area (Å²) in [4.78, 5) is 10.7. The van der Waals surface area contributed by atoms with E-state index >= 15 is 0 Å². The lowest BCUT2D eigenvalue weighted by atomic mass is 9.95. The molecule has 82 valence electrons. The Kier molecular flexibility index (Phi) is 3.27. The van der Waals surface area contributed by atoms with Crippen LogP contribution in [0.4, 0.5) is 0 Å². The molecule has 0 amide bonds. The molecule has 2 aliphatic rings. The predicted molar refractivity (Wildman–Crippen MR) is 70.0 cm³/mol. The molecule has 1 nitrogen and oxygen atoms in total. The number of halogens is 1. The summed E-state index contributed by atoms with van der Waals surface area (Å²) in [5.41, 5.74) is 3.77. The molecule has 0 N–H and O–H groups in total. The average molecular weight is 241 g/mol. The Hall–Kier alpha value is -2.04. The molecule has 17 heavy (non-hydrogen) atoms. The zero-order valence-corrected chi connectivity index (χ0v) is 9.74. The molecule has 2 heteroatoms. The summed E-state index contributed by atoms with van der Waals surface area (Å²) in [6, 6.07) is 15.2. The lowest BCUT2D eigenvalue weighted by Gasteiger charge is -2.10. The van der Waals surface area contributed by atoms with Gasteiger partial charge >= 0.3 is 0 Å². The first kappa shape index (κ1) is 11.4. The van der Waals surface area contributed by atoms with Crippen LogP contribution in [0, 0.1) is 12.3 Å². The van der Waals surface area contributed by atoms with Gasteiger partial charge in [0, 0.05) is 11.1 Å². The van der Waals surface area contributed by atoms with Crippen molar-refractivity contribution in [2.75, 3.05) is 0 Å². The van der Waals surface area contributed by atoms with Crippen LogP contribution in [-0.2, 0) is 0 Å². The van der Waals surface area contributed by atoms with Gasteiger partial charge in [-0.25, -0.2) is 0 Å². The first-order chi connectivity index (χ1) is 8.22. The van der Waals surface area contributed by atoms with Crippen molar-refractivity contribution >= 4 is 16.8 Å². The van der Waals surface area contributed by atoms with Crippen molar-refractivity contribution < 1.29 is 4.79 Å². The fourth-order valence-corrected chi connectivity index (χ4v) is 1.61. The van der Waals surface area contributed by atoms with Gasteiger partial charge in [0.1, 0.15) is 0 Å². The molecule has 0 aliphatic heterocycles. The molecule has 0 fully saturated rings. The predicted octanol–water partition coefficient (Wildman–Crippen LogP) is 3.71. The Morgan fingerprint density at radius 1 is 1.00 bits per heavy atom. The first-order valence-corrected chi connectivity index (χ1v) is 5.46. The third kappa shape index (κ3) is 2.38. The Bertz CT molecular complexity index is 570. The minimum Gasteiger partial charge on any atom is -0.276 e. The van der Waals surface area contributed by atoms with E-state index in [0.29, 0.717) is 11.1 Å². The van der Waals surface area contributed by atoms with E-state index < -0.39 is 5.24 Å². The number of terminal acetylenes is 1. The molecule has 0 aromatic heterocycles. The van der Waals surface area contributed by atoms with Gasteiger partial charge in [-0.15, -0.1) is 6.42 Å². The van der Waals surface area contributed by atoms with Crippen molar-refractivity contribution in [3.05, 3.63) is 59.7 Å². The molecule has 0 bridgehead atoms. The zero-order chi connectivity index (χ0) is 12.3. The molecule has 0 heterocycles. The smallest absolute Gasteiger partial charge is 0.253 e. The van der Waals surface area contributed by atoms with Gasteiger partial charge in [0.2, 0.25) is 0 Å². The highest BCUT2D eigenvalue weighted by molar-refractivity contribution is 6.68. The fourth-order valence-electron chi connectivity index (χ4n) is 1.44. The van der Waals surface area contributed by atoms with E-state index in [1.54, 1.807) is 24.3 Å². The van der Waals surface area contributed by atoms with Crippen LogP contribution in [-0.4, -0.2) is 5.24 Å². The van der Waals surface area contributed by atoms with E-state index in [9.17, 15) is 4.79 Å². The fraction of sp³-hybridized carbons (Fsp3) is 0. The number of benzene rings is 2. The molecule has 0 atom stereocenters. The third-order valence-corrected chi connectivity index (χ3v) is 2.72. The largest absolute Gasteiger partial charge is 0.276 e. The molecular weight excluding hydrogens is 232 g/mol. The quantitative estimate of drug-likeness (QED) is 0.468. The maximum absolute atomic E-state index is 10.7. The van der Waals surface area contributed by atoms with Gasteiger partial charge in [-0.1, -0.05) is 42.3 Å². The van der Waals surface area contributed by atoms with Crippen molar-refractivity contribution in [3.63, 3.8) is 0 Å². The molecule has 0 radical (unpaired) electrons. The van der Waals surface area contributed by atoms with Crippen LogP contribution in [0.25, 0.3) is 11.1 Å². The second kappa shape index (κ2) is 4.86. The van der Waals surface area contributed by atoms with Crippen LogP contribution in [0.5, 0.6) is 0 Å². The van der Waals surface area contributed by atoms with Gasteiger partial charge in [0.25, 0.3) is 5.24 Å². The molecule has 1 aromatic carbocycles. The van der Waals surface area contributed by atoms with Crippen LogP contribution in [0.2, 0.25) is 0 Å². The number of hydrogen-bond donors (Lipinski definition) is 0. The van der Waals surface area contributed by atoms with E-state index in [-0.39, 0.29) is 0 Å². The molecular formula is C15H9ClO. The van der Waals surface area contributed by atoms with Crippen LogP contribution < -0.4 is 0 Å². The van der Waals surface area contributed by atoms with Gasteiger partial charge in [0.05, 0.1) is 0 Å². The SMILES string of the molecule is C#Cc1ccccc1C(=O)Cl.c1cc2ccc1-2. The first-order valence-electron chi connectivity index (χ1n) is 5.08. The summed E-state index contributed by atoms with van der Waals surface area (Å²) in [6.07, 6.45) is 5.13. The molecule has 3 rings (SSSR count). The van der Waals surface area contributed by atoms with E-state index in [1.165, 1.54) is 11.1 Å². The van der Waals surface area contributed by atoms with Crippen molar-refractivity contribution in [1.82, 2.24) is 0 Å². The van der Waals surface area contributed by atoms with Gasteiger partial charge in [0.15, 0.2) is 0 Å². The van der Waals surface area contributed by atoms with Gasteiger partial charge < -0.3 is 0 Å². The van der Waals surface area contributed by atoms with E-state index in [2.05, 4.69) is 30.2 Å². The van der Waals surface area contributed by atoms with Crippen LogP contribution in [0.1, 0.15) is 15.9 Å². The topological polar surface area (TPSA) is 17.1 Å². The number of fused-ring (bicyclic) bond motifs is 1. The minimum absolute atomic E-state index is 0.386. The maximum atomic E-state index is 10.7. The van der Waals surface area contributed by atoms with Gasteiger partial charge in [-0.2, -0.15) is 0 Å². The third-order valence-electron chi connectivity index (χ3n) is 2.51. The Morgan fingerprint density at radius 2 is 1.53 bits per heavy atom. The van der Waals surface area contributed by atoms with Gasteiger partial charge in [-0.05, 0) is 34.9 Å². The summed E-state index contributed by atoms with van der Waals surface area (Å²) < 4.78 is 0. The Labute approximate surface area is 105 Å². The second-order valence-electron chi connectivity index (χ2n) is 3.54. The van der Waals surface area contributed by atoms with E-state index in [1.807, 2.05) is 0 Å². The number of carbonyl (C=O) groups is 1. The van der Waals surface area contributed by atoms with Gasteiger partial charge in [-0.3, -0.25) is 4.79 Å². The second-order valence-corrected chi connectivity index (χ2v) is 3.88. The monoisotopic (exact) mass is 240 g/mol. The Balaban J connectivity index is 0.000000148. The highest BCUT2D eigenvalue weighted by Gasteiger charge is 2.04. The molecule has 0 saturated heterocycles. The number of hydrogen-bond acceptors (Lipinski definition) is 1. The van der Waals surface area contributed by atoms with E-state index in [4.69, 9.17) is 18.0 Å². The summed E-state index contributed by atoms with van der Waals surface area (Å²) in [5.74, 6) is 2.37. The normalized spacial score (nSPS) is 9.65. The summed E-state index contributed by atoms with van der Waals surface area (Å²) in [6.45, 7) is 0. The maximum Gasteiger partial charge on any atom is 0.253 e. The van der Waals surface area contributed by atoms with Crippen LogP contribution in [0.3, 0.4) is 0 Å². The van der Waals surface area contributed by atoms with Crippen molar-refractivity contribution in [2.24, 2.45) is 0 Å². The van der Waals surface area contributed by atoms with Crippen molar-refractivity contribution in [2.45, 2.75) is 0 Å². The Morgan fingerprint density at radius 3 is 1.82 bits per heavy atom. The zero-order valence-electron chi connectivity index (χ0n) is 8.98. The van der Waals surface area contributed by atoms with Crippen LogP contribution in [0.15, 0.2) is 48.5 Å². The molecule has 2 aliphatic carbocycles.